The van der Waals surface area contributed by atoms with Crippen LogP contribution in [-0.2, 0) is 19.2 Å². The Morgan fingerprint density at radius 2 is 1.48 bits per heavy atom. The third-order valence-electron chi connectivity index (χ3n) is 4.16. The number of carboxylic acids is 1. The maximum atomic E-state index is 12.6. The van der Waals surface area contributed by atoms with Crippen LogP contribution in [0.3, 0.4) is 0 Å². The van der Waals surface area contributed by atoms with Crippen LogP contribution in [0.4, 0.5) is 0 Å². The molecule has 3 amide bonds. The first kappa shape index (κ1) is 27.5. The first-order valence-electron chi connectivity index (χ1n) is 9.40. The van der Waals surface area contributed by atoms with E-state index in [4.69, 9.17) is 11.5 Å². The van der Waals surface area contributed by atoms with Crippen LogP contribution in [0, 0.1) is 5.92 Å². The number of rotatable bonds is 14. The number of unbranched alkanes of at least 4 members (excludes halogenated alkanes) is 1. The molecule has 12 heteroatoms. The summed E-state index contributed by atoms with van der Waals surface area (Å²) in [5.74, 6) is -3.20. The molecule has 4 unspecified atom stereocenters. The van der Waals surface area contributed by atoms with Crippen LogP contribution >= 0.6 is 25.3 Å². The lowest BCUT2D eigenvalue weighted by Gasteiger charge is -2.26. The van der Waals surface area contributed by atoms with Gasteiger partial charge in [0, 0.05) is 11.5 Å². The van der Waals surface area contributed by atoms with E-state index in [-0.39, 0.29) is 23.8 Å². The number of aliphatic carboxylic acids is 1. The maximum absolute atomic E-state index is 12.6. The quantitative estimate of drug-likeness (QED) is 0.117. The molecule has 0 bridgehead atoms. The molecular weight excluding hydrogens is 418 g/mol. The number of carbonyl (C=O) groups is 4. The Kier molecular flexibility index (Phi) is 13.7. The second-order valence-electron chi connectivity index (χ2n) is 6.95. The monoisotopic (exact) mass is 451 g/mol. The summed E-state index contributed by atoms with van der Waals surface area (Å²) in [4.78, 5) is 48.4. The number of hydrogen-bond donors (Lipinski definition) is 8. The van der Waals surface area contributed by atoms with Gasteiger partial charge in [-0.3, -0.25) is 14.4 Å². The summed E-state index contributed by atoms with van der Waals surface area (Å²) in [6.45, 7) is 3.88. The van der Waals surface area contributed by atoms with E-state index in [1.165, 1.54) is 0 Å². The molecule has 0 fully saturated rings. The van der Waals surface area contributed by atoms with Crippen molar-refractivity contribution in [3.05, 3.63) is 0 Å². The van der Waals surface area contributed by atoms with Crippen LogP contribution in [0.2, 0.25) is 0 Å². The van der Waals surface area contributed by atoms with E-state index in [1.54, 1.807) is 13.8 Å². The number of carboxylic acid groups (broad SMARTS) is 1. The first-order chi connectivity index (χ1) is 13.6. The first-order valence-corrected chi connectivity index (χ1v) is 10.7. The van der Waals surface area contributed by atoms with Gasteiger partial charge in [0.05, 0.1) is 6.04 Å². The van der Waals surface area contributed by atoms with E-state index in [0.717, 1.165) is 0 Å². The standard InChI is InChI=1S/C17H33N5O5S2/c1-9(2)13(22-14(23)10(19)7-28)16(25)21-12(8-29)15(24)20-11(17(26)27)5-3-4-6-18/h9-13,28-29H,3-8,18-19H2,1-2H3,(H,20,24)(H,21,25)(H,22,23)(H,26,27). The summed E-state index contributed by atoms with van der Waals surface area (Å²) in [5.41, 5.74) is 11.0. The van der Waals surface area contributed by atoms with E-state index in [0.29, 0.717) is 19.4 Å². The molecule has 0 aliphatic heterocycles. The molecule has 0 aromatic carbocycles. The second kappa shape index (κ2) is 14.5. The molecule has 0 aromatic heterocycles. The van der Waals surface area contributed by atoms with Gasteiger partial charge in [-0.2, -0.15) is 25.3 Å². The van der Waals surface area contributed by atoms with Crippen LogP contribution in [0.1, 0.15) is 33.1 Å². The number of carbonyl (C=O) groups excluding carboxylic acids is 3. The van der Waals surface area contributed by atoms with E-state index in [9.17, 15) is 24.3 Å². The minimum absolute atomic E-state index is 0.0539. The predicted octanol–water partition coefficient (Wildman–Crippen LogP) is -1.50. The van der Waals surface area contributed by atoms with Gasteiger partial charge in [0.2, 0.25) is 17.7 Å². The molecule has 0 radical (unpaired) electrons. The van der Waals surface area contributed by atoms with Gasteiger partial charge in [-0.05, 0) is 31.7 Å². The normalized spacial score (nSPS) is 15.1. The molecule has 4 atom stereocenters. The van der Waals surface area contributed by atoms with Crippen LogP contribution < -0.4 is 27.4 Å². The predicted molar refractivity (Wildman–Crippen MR) is 117 cm³/mol. The van der Waals surface area contributed by atoms with Crippen molar-refractivity contribution in [2.75, 3.05) is 18.1 Å². The van der Waals surface area contributed by atoms with Crippen molar-refractivity contribution >= 4 is 48.9 Å². The molecule has 29 heavy (non-hydrogen) atoms. The highest BCUT2D eigenvalue weighted by atomic mass is 32.1. The van der Waals surface area contributed by atoms with Crippen molar-refractivity contribution in [2.45, 2.75) is 57.3 Å². The molecule has 8 N–H and O–H groups in total. The smallest absolute Gasteiger partial charge is 0.326 e. The fourth-order valence-electron chi connectivity index (χ4n) is 2.36. The van der Waals surface area contributed by atoms with Crippen molar-refractivity contribution < 1.29 is 24.3 Å². The largest absolute Gasteiger partial charge is 0.480 e. The lowest BCUT2D eigenvalue weighted by Crippen LogP contribution is -2.59. The fourth-order valence-corrected chi connectivity index (χ4v) is 2.78. The third kappa shape index (κ3) is 10.2. The van der Waals surface area contributed by atoms with Gasteiger partial charge >= 0.3 is 5.97 Å². The van der Waals surface area contributed by atoms with Crippen molar-refractivity contribution in [1.82, 2.24) is 16.0 Å². The zero-order valence-electron chi connectivity index (χ0n) is 16.8. The van der Waals surface area contributed by atoms with Gasteiger partial charge in [-0.25, -0.2) is 4.79 Å². The molecule has 168 valence electrons. The van der Waals surface area contributed by atoms with E-state index >= 15 is 0 Å². The molecule has 0 aliphatic rings. The highest BCUT2D eigenvalue weighted by Gasteiger charge is 2.30. The number of thiol groups is 2. The average molecular weight is 452 g/mol. The van der Waals surface area contributed by atoms with Gasteiger partial charge in [0.25, 0.3) is 0 Å². The van der Waals surface area contributed by atoms with E-state index in [1.807, 2.05) is 0 Å². The minimum atomic E-state index is -1.17. The zero-order chi connectivity index (χ0) is 22.6. The highest BCUT2D eigenvalue weighted by molar-refractivity contribution is 7.80. The summed E-state index contributed by atoms with van der Waals surface area (Å²) in [6, 6.07) is -3.97. The maximum Gasteiger partial charge on any atom is 0.326 e. The molecule has 10 nitrogen and oxygen atoms in total. The van der Waals surface area contributed by atoms with Gasteiger partial charge in [-0.15, -0.1) is 0 Å². The van der Waals surface area contributed by atoms with Crippen molar-refractivity contribution in [2.24, 2.45) is 17.4 Å². The Morgan fingerprint density at radius 1 is 0.897 bits per heavy atom. The minimum Gasteiger partial charge on any atom is -0.480 e. The van der Waals surface area contributed by atoms with Gasteiger partial charge in [0.15, 0.2) is 0 Å². The van der Waals surface area contributed by atoms with Crippen molar-refractivity contribution in [3.8, 4) is 0 Å². The van der Waals surface area contributed by atoms with Crippen molar-refractivity contribution in [3.63, 3.8) is 0 Å². The summed E-state index contributed by atoms with van der Waals surface area (Å²) < 4.78 is 0. The lowest BCUT2D eigenvalue weighted by atomic mass is 10.0. The van der Waals surface area contributed by atoms with Crippen LogP contribution in [0.25, 0.3) is 0 Å². The van der Waals surface area contributed by atoms with Crippen LogP contribution in [-0.4, -0.2) is 71.0 Å². The number of amides is 3. The Hall–Kier alpha value is -1.50. The molecule has 0 aromatic rings. The summed E-state index contributed by atoms with van der Waals surface area (Å²) in [7, 11) is 0. The Morgan fingerprint density at radius 3 is 1.93 bits per heavy atom. The molecule has 0 spiro atoms. The molecule has 0 aliphatic carbocycles. The molecule has 0 saturated heterocycles. The molecule has 0 heterocycles. The van der Waals surface area contributed by atoms with Gasteiger partial charge in [-0.1, -0.05) is 13.8 Å². The molecule has 0 rings (SSSR count). The van der Waals surface area contributed by atoms with Gasteiger partial charge < -0.3 is 32.5 Å². The number of nitrogens with two attached hydrogens (primary N) is 2. The summed E-state index contributed by atoms with van der Waals surface area (Å²) in [5, 5.41) is 16.7. The highest BCUT2D eigenvalue weighted by Crippen LogP contribution is 2.05. The fraction of sp³-hybridized carbons (Fsp3) is 0.765. The topological polar surface area (TPSA) is 177 Å². The summed E-state index contributed by atoms with van der Waals surface area (Å²) >= 11 is 8.02. The lowest BCUT2D eigenvalue weighted by molar-refractivity contribution is -0.142. The van der Waals surface area contributed by atoms with E-state index in [2.05, 4.69) is 41.2 Å². The van der Waals surface area contributed by atoms with Crippen molar-refractivity contribution in [1.29, 1.82) is 0 Å². The Balaban J connectivity index is 5.05. The van der Waals surface area contributed by atoms with Crippen LogP contribution in [0.5, 0.6) is 0 Å². The second-order valence-corrected chi connectivity index (χ2v) is 7.68. The third-order valence-corrected chi connectivity index (χ3v) is 4.92. The SMILES string of the molecule is CC(C)C(NC(=O)C(N)CS)C(=O)NC(CS)C(=O)NC(CCCCN)C(=O)O. The molecular formula is C17H33N5O5S2. The Labute approximate surface area is 182 Å². The van der Waals surface area contributed by atoms with Crippen LogP contribution in [0.15, 0.2) is 0 Å². The Bertz CT molecular complexity index is 564. The zero-order valence-corrected chi connectivity index (χ0v) is 18.5. The summed E-state index contributed by atoms with van der Waals surface area (Å²) in [6.07, 6.45) is 1.40. The molecule has 0 saturated carbocycles. The number of nitrogens with one attached hydrogen (secondary N) is 3. The number of hydrogen-bond acceptors (Lipinski definition) is 8. The average Bonchev–Trinajstić information content (AvgIpc) is 2.67. The van der Waals surface area contributed by atoms with E-state index < -0.39 is 47.9 Å². The van der Waals surface area contributed by atoms with Gasteiger partial charge in [0.1, 0.15) is 18.1 Å².